The number of nitrogens with zero attached hydrogens (tertiary/aromatic N) is 1. The fourth-order valence-corrected chi connectivity index (χ4v) is 3.60. The summed E-state index contributed by atoms with van der Waals surface area (Å²) in [5.74, 6) is 1.98. The maximum atomic E-state index is 11.9. The molecule has 3 rings (SSSR count). The van der Waals surface area contributed by atoms with Gasteiger partial charge in [-0.05, 0) is 36.4 Å². The highest BCUT2D eigenvalue weighted by Crippen LogP contribution is 2.38. The molecule has 5 heteroatoms. The zero-order chi connectivity index (χ0) is 11.9. The summed E-state index contributed by atoms with van der Waals surface area (Å²) in [4.78, 5) is 13.6. The van der Waals surface area contributed by atoms with Crippen LogP contribution in [0.3, 0.4) is 0 Å². The van der Waals surface area contributed by atoms with E-state index >= 15 is 0 Å². The van der Waals surface area contributed by atoms with Gasteiger partial charge in [0.05, 0.1) is 6.54 Å². The number of carbonyl (C=O) groups excluding carboxylic acids is 1. The first kappa shape index (κ1) is 10.8. The number of carbonyl (C=O) groups is 1. The molecule has 2 saturated heterocycles. The summed E-state index contributed by atoms with van der Waals surface area (Å²) in [6, 6.07) is 7.32. The molecule has 1 aromatic carbocycles. The number of ether oxygens (including phenoxy) is 1. The van der Waals surface area contributed by atoms with Crippen molar-refractivity contribution in [2.24, 2.45) is 0 Å². The minimum atomic E-state index is -0.261. The van der Waals surface area contributed by atoms with Gasteiger partial charge in [0.15, 0.2) is 0 Å². The molecule has 4 nitrogen and oxygen atoms in total. The van der Waals surface area contributed by atoms with E-state index < -0.39 is 0 Å². The summed E-state index contributed by atoms with van der Waals surface area (Å²) >= 11 is 1.85. The molecule has 2 N–H and O–H groups in total. The highest BCUT2D eigenvalue weighted by molar-refractivity contribution is 7.99. The van der Waals surface area contributed by atoms with Gasteiger partial charge in [-0.3, -0.25) is 4.90 Å². The summed E-state index contributed by atoms with van der Waals surface area (Å²) in [7, 11) is 0. The van der Waals surface area contributed by atoms with Crippen LogP contribution in [0.2, 0.25) is 0 Å². The first-order valence-electron chi connectivity index (χ1n) is 5.62. The smallest absolute Gasteiger partial charge is 0.415 e. The molecule has 1 amide bonds. The summed E-state index contributed by atoms with van der Waals surface area (Å²) in [6.07, 6.45) is 0.715. The Morgan fingerprint density at radius 2 is 2.12 bits per heavy atom. The van der Waals surface area contributed by atoms with Crippen LogP contribution in [0.25, 0.3) is 0 Å². The molecule has 90 valence electrons. The van der Waals surface area contributed by atoms with Crippen LogP contribution in [-0.2, 0) is 4.74 Å². The number of benzene rings is 1. The lowest BCUT2D eigenvalue weighted by Crippen LogP contribution is -2.34. The third kappa shape index (κ3) is 1.84. The van der Waals surface area contributed by atoms with E-state index in [4.69, 9.17) is 10.5 Å². The molecule has 0 aliphatic carbocycles. The van der Waals surface area contributed by atoms with E-state index in [1.807, 2.05) is 23.9 Å². The zero-order valence-corrected chi connectivity index (χ0v) is 10.2. The summed E-state index contributed by atoms with van der Waals surface area (Å²) in [5.41, 5.74) is 6.94. The maximum Gasteiger partial charge on any atom is 0.415 e. The Labute approximate surface area is 104 Å². The Kier molecular flexibility index (Phi) is 2.43. The van der Waals surface area contributed by atoms with Crippen LogP contribution in [0.15, 0.2) is 24.3 Å². The Hall–Kier alpha value is -1.36. The van der Waals surface area contributed by atoms with Crippen molar-refractivity contribution in [2.45, 2.75) is 12.0 Å². The second kappa shape index (κ2) is 3.84. The molecule has 0 radical (unpaired) electrons. The molecule has 0 saturated carbocycles. The van der Waals surface area contributed by atoms with Crippen molar-refractivity contribution >= 4 is 29.2 Å². The number of thioether (sulfide) groups is 1. The van der Waals surface area contributed by atoms with Crippen molar-refractivity contribution in [3.63, 3.8) is 0 Å². The molecular weight excluding hydrogens is 236 g/mol. The van der Waals surface area contributed by atoms with E-state index in [0.29, 0.717) is 12.2 Å². The minimum absolute atomic E-state index is 0.239. The van der Waals surface area contributed by atoms with Gasteiger partial charge in [0, 0.05) is 17.1 Å². The second-order valence-corrected chi connectivity index (χ2v) is 5.64. The van der Waals surface area contributed by atoms with Crippen LogP contribution in [-0.4, -0.2) is 29.7 Å². The quantitative estimate of drug-likeness (QED) is 0.775. The summed E-state index contributed by atoms with van der Waals surface area (Å²) in [5, 5.41) is 0. The summed E-state index contributed by atoms with van der Waals surface area (Å²) in [6.45, 7) is 0.656. The van der Waals surface area contributed by atoms with Gasteiger partial charge in [0.2, 0.25) is 0 Å². The zero-order valence-electron chi connectivity index (χ0n) is 9.39. The number of anilines is 2. The largest absolute Gasteiger partial charge is 0.440 e. The van der Waals surface area contributed by atoms with E-state index in [-0.39, 0.29) is 11.7 Å². The molecule has 1 aromatic rings. The van der Waals surface area contributed by atoms with E-state index in [0.717, 1.165) is 23.6 Å². The lowest BCUT2D eigenvalue weighted by Gasteiger charge is -2.19. The van der Waals surface area contributed by atoms with Gasteiger partial charge in [-0.1, -0.05) is 0 Å². The van der Waals surface area contributed by atoms with Crippen molar-refractivity contribution < 1.29 is 9.53 Å². The van der Waals surface area contributed by atoms with Gasteiger partial charge in [0.1, 0.15) is 5.60 Å². The molecule has 2 aliphatic heterocycles. The average Bonchev–Trinajstić information content (AvgIpc) is 2.88. The van der Waals surface area contributed by atoms with E-state index in [1.54, 1.807) is 17.0 Å². The fraction of sp³-hybridized carbons (Fsp3) is 0.417. The lowest BCUT2D eigenvalue weighted by molar-refractivity contribution is 0.0782. The van der Waals surface area contributed by atoms with Gasteiger partial charge in [-0.2, -0.15) is 11.8 Å². The van der Waals surface area contributed by atoms with E-state index in [9.17, 15) is 4.79 Å². The monoisotopic (exact) mass is 250 g/mol. The number of nitrogens with two attached hydrogens (primary N) is 1. The van der Waals surface area contributed by atoms with Gasteiger partial charge < -0.3 is 10.5 Å². The van der Waals surface area contributed by atoms with Crippen molar-refractivity contribution in [3.8, 4) is 0 Å². The molecule has 1 unspecified atom stereocenters. The topological polar surface area (TPSA) is 55.6 Å². The fourth-order valence-electron chi connectivity index (χ4n) is 2.27. The molecule has 2 fully saturated rings. The molecule has 17 heavy (non-hydrogen) atoms. The SMILES string of the molecule is Nc1ccc(N2CC3(CCSC3)OC2=O)cc1. The molecule has 1 spiro atoms. The number of hydrogen-bond acceptors (Lipinski definition) is 4. The van der Waals surface area contributed by atoms with Crippen LogP contribution in [0.1, 0.15) is 6.42 Å². The van der Waals surface area contributed by atoms with Crippen molar-refractivity contribution in [3.05, 3.63) is 24.3 Å². The van der Waals surface area contributed by atoms with Crippen LogP contribution in [0.5, 0.6) is 0 Å². The first-order valence-corrected chi connectivity index (χ1v) is 6.78. The molecule has 1 atom stereocenters. The normalized spacial score (nSPS) is 27.8. The first-order chi connectivity index (χ1) is 8.19. The van der Waals surface area contributed by atoms with E-state index in [1.165, 1.54) is 0 Å². The third-order valence-electron chi connectivity index (χ3n) is 3.24. The number of hydrogen-bond donors (Lipinski definition) is 1. The average molecular weight is 250 g/mol. The standard InChI is InChI=1S/C12H14N2O2S/c13-9-1-3-10(4-2-9)14-7-12(16-11(14)15)5-6-17-8-12/h1-4H,5-8,13H2. The summed E-state index contributed by atoms with van der Waals surface area (Å²) < 4.78 is 5.54. The highest BCUT2D eigenvalue weighted by Gasteiger charge is 2.47. The van der Waals surface area contributed by atoms with Crippen molar-refractivity contribution in [2.75, 3.05) is 28.7 Å². The van der Waals surface area contributed by atoms with Crippen LogP contribution in [0, 0.1) is 0 Å². The van der Waals surface area contributed by atoms with E-state index in [2.05, 4.69) is 0 Å². The Bertz CT molecular complexity index is 440. The van der Waals surface area contributed by atoms with Crippen LogP contribution < -0.4 is 10.6 Å². The van der Waals surface area contributed by atoms with Crippen molar-refractivity contribution in [1.29, 1.82) is 0 Å². The van der Waals surface area contributed by atoms with Gasteiger partial charge in [-0.25, -0.2) is 4.79 Å². The maximum absolute atomic E-state index is 11.9. The molecular formula is C12H14N2O2S. The Morgan fingerprint density at radius 3 is 2.76 bits per heavy atom. The van der Waals surface area contributed by atoms with Gasteiger partial charge in [-0.15, -0.1) is 0 Å². The number of amides is 1. The second-order valence-electron chi connectivity index (χ2n) is 4.53. The minimum Gasteiger partial charge on any atom is -0.440 e. The third-order valence-corrected chi connectivity index (χ3v) is 4.47. The van der Waals surface area contributed by atoms with Crippen LogP contribution in [0.4, 0.5) is 16.2 Å². The highest BCUT2D eigenvalue weighted by atomic mass is 32.2. The Morgan fingerprint density at radius 1 is 1.35 bits per heavy atom. The Balaban J connectivity index is 1.85. The van der Waals surface area contributed by atoms with Crippen LogP contribution >= 0.6 is 11.8 Å². The number of rotatable bonds is 1. The van der Waals surface area contributed by atoms with Gasteiger partial charge >= 0.3 is 6.09 Å². The predicted molar refractivity (Wildman–Crippen MR) is 69.4 cm³/mol. The molecule has 0 bridgehead atoms. The van der Waals surface area contributed by atoms with Gasteiger partial charge in [0.25, 0.3) is 0 Å². The lowest BCUT2D eigenvalue weighted by atomic mass is 10.0. The molecule has 2 aliphatic rings. The predicted octanol–water partition coefficient (Wildman–Crippen LogP) is 2.10. The van der Waals surface area contributed by atoms with Crippen molar-refractivity contribution in [1.82, 2.24) is 0 Å². The number of nitrogen functional groups attached to an aromatic ring is 1. The molecule has 2 heterocycles. The molecule has 0 aromatic heterocycles.